The van der Waals surface area contributed by atoms with Crippen molar-refractivity contribution in [2.24, 2.45) is 0 Å². The van der Waals surface area contributed by atoms with Crippen LogP contribution in [0.15, 0.2) is 72.6 Å². The van der Waals surface area contributed by atoms with Gasteiger partial charge in [0.1, 0.15) is 18.0 Å². The molecule has 0 aliphatic carbocycles. The highest BCUT2D eigenvalue weighted by Gasteiger charge is 2.19. The number of anilines is 2. The van der Waals surface area contributed by atoms with E-state index >= 15 is 0 Å². The molecule has 0 radical (unpaired) electrons. The van der Waals surface area contributed by atoms with E-state index in [1.165, 1.54) is 11.3 Å². The summed E-state index contributed by atoms with van der Waals surface area (Å²) in [6, 6.07) is 16.8. The van der Waals surface area contributed by atoms with Crippen molar-refractivity contribution >= 4 is 28.2 Å². The summed E-state index contributed by atoms with van der Waals surface area (Å²) in [6.07, 6.45) is 1.81. The molecule has 0 atom stereocenters. The third-order valence-corrected chi connectivity index (χ3v) is 4.72. The van der Waals surface area contributed by atoms with Gasteiger partial charge in [-0.15, -0.1) is 0 Å². The molecule has 28 heavy (non-hydrogen) atoms. The maximum Gasteiger partial charge on any atom is 0.358 e. The fourth-order valence-electron chi connectivity index (χ4n) is 2.54. The second kappa shape index (κ2) is 10.5. The number of nitrogens with zero attached hydrogens (tertiary/aromatic N) is 1. The second-order valence-electron chi connectivity index (χ2n) is 5.62. The van der Waals surface area contributed by atoms with E-state index < -0.39 is 0 Å². The van der Waals surface area contributed by atoms with E-state index in [9.17, 15) is 4.79 Å². The average molecular weight is 461 g/mol. The van der Waals surface area contributed by atoms with Crippen LogP contribution in [0.5, 0.6) is 5.75 Å². The van der Waals surface area contributed by atoms with Crippen LogP contribution in [0.1, 0.15) is 0 Å². The van der Waals surface area contributed by atoms with Gasteiger partial charge in [-0.05, 0) is 36.4 Å². The first-order valence-corrected chi connectivity index (χ1v) is 9.24. The van der Waals surface area contributed by atoms with Crippen LogP contribution >= 0.6 is 11.3 Å². The number of para-hydroxylation sites is 1. The van der Waals surface area contributed by atoms with Crippen molar-refractivity contribution < 1.29 is 31.1 Å². The Kier molecular flexibility index (Phi) is 8.03. The van der Waals surface area contributed by atoms with Crippen molar-refractivity contribution in [3.05, 3.63) is 72.6 Å². The van der Waals surface area contributed by atoms with Gasteiger partial charge in [-0.3, -0.25) is 0 Å². The first kappa shape index (κ1) is 21.5. The number of carbonyl (C=O) groups excluding carboxylic acids is 1. The van der Waals surface area contributed by atoms with Crippen molar-refractivity contribution in [2.45, 2.75) is 6.54 Å². The Labute approximate surface area is 178 Å². The molecule has 8 heteroatoms. The van der Waals surface area contributed by atoms with E-state index in [1.54, 1.807) is 7.11 Å². The van der Waals surface area contributed by atoms with Gasteiger partial charge in [0.2, 0.25) is 0 Å². The minimum absolute atomic E-state index is 0. The summed E-state index contributed by atoms with van der Waals surface area (Å²) in [6.45, 7) is 4.43. The van der Waals surface area contributed by atoms with Crippen LogP contribution in [0, 0.1) is 0 Å². The minimum atomic E-state index is -0.342. The van der Waals surface area contributed by atoms with E-state index in [1.807, 2.05) is 70.6 Å². The molecule has 0 bridgehead atoms. The molecule has 0 spiro atoms. The molecule has 1 aromatic heterocycles. The van der Waals surface area contributed by atoms with Gasteiger partial charge in [-0.2, -0.15) is 10.9 Å². The fourth-order valence-corrected chi connectivity index (χ4v) is 3.43. The largest absolute Gasteiger partial charge is 1.00 e. The molecular formula is C20H21BrN4O2S. The molecule has 0 aliphatic rings. The van der Waals surface area contributed by atoms with Crippen molar-refractivity contribution in [1.29, 1.82) is 0 Å². The number of hydrogen-bond donors (Lipinski definition) is 3. The lowest BCUT2D eigenvalue weighted by molar-refractivity contribution is -0.658. The normalized spacial score (nSPS) is 9.75. The molecule has 3 aromatic rings. The predicted molar refractivity (Wildman–Crippen MR) is 109 cm³/mol. The van der Waals surface area contributed by atoms with E-state index in [2.05, 4.69) is 22.7 Å². The quantitative estimate of drug-likeness (QED) is 0.280. The number of thiazole rings is 1. The molecule has 2 amide bonds. The molecule has 3 rings (SSSR count). The smallest absolute Gasteiger partial charge is 0.358 e. The molecule has 6 nitrogen and oxygen atoms in total. The highest BCUT2D eigenvalue weighted by molar-refractivity contribution is 7.13. The molecule has 2 aromatic carbocycles. The second-order valence-corrected chi connectivity index (χ2v) is 6.48. The first-order valence-electron chi connectivity index (χ1n) is 8.36. The van der Waals surface area contributed by atoms with Crippen molar-refractivity contribution in [2.75, 3.05) is 17.9 Å². The number of hydrazine groups is 1. The van der Waals surface area contributed by atoms with Gasteiger partial charge in [0, 0.05) is 16.6 Å². The SMILES string of the molecule is C=CC[n+]1c(-c2ccc(OC)cc2)csc1NNC(=O)Nc1ccccc1.[Br-]. The Morgan fingerprint density at radius 3 is 2.54 bits per heavy atom. The summed E-state index contributed by atoms with van der Waals surface area (Å²) in [5.41, 5.74) is 8.44. The summed E-state index contributed by atoms with van der Waals surface area (Å²) in [5, 5.41) is 5.59. The molecule has 0 fully saturated rings. The van der Waals surface area contributed by atoms with Crippen LogP contribution in [0.4, 0.5) is 15.6 Å². The van der Waals surface area contributed by atoms with Crippen LogP contribution in [0.25, 0.3) is 11.3 Å². The summed E-state index contributed by atoms with van der Waals surface area (Å²) < 4.78 is 7.26. The molecular weight excluding hydrogens is 440 g/mol. The van der Waals surface area contributed by atoms with Gasteiger partial charge in [0.05, 0.1) is 7.11 Å². The van der Waals surface area contributed by atoms with Crippen LogP contribution in [0.3, 0.4) is 0 Å². The molecule has 3 N–H and O–H groups in total. The fraction of sp³-hybridized carbons (Fsp3) is 0.100. The zero-order chi connectivity index (χ0) is 19.1. The Morgan fingerprint density at radius 2 is 1.89 bits per heavy atom. The number of methoxy groups -OCH3 is 1. The summed E-state index contributed by atoms with van der Waals surface area (Å²) in [7, 11) is 1.64. The third-order valence-electron chi connectivity index (χ3n) is 3.83. The van der Waals surface area contributed by atoms with Gasteiger partial charge < -0.3 is 27.0 Å². The number of nitrogens with one attached hydrogen (secondary N) is 3. The topological polar surface area (TPSA) is 66.3 Å². The van der Waals surface area contributed by atoms with Gasteiger partial charge in [-0.25, -0.2) is 9.36 Å². The lowest BCUT2D eigenvalue weighted by Crippen LogP contribution is -3.00. The number of carbonyl (C=O) groups is 1. The number of halogens is 1. The number of benzene rings is 2. The molecule has 0 saturated heterocycles. The number of rotatable bonds is 7. The number of ether oxygens (including phenoxy) is 1. The van der Waals surface area contributed by atoms with E-state index in [0.29, 0.717) is 6.54 Å². The van der Waals surface area contributed by atoms with Crippen LogP contribution in [-0.4, -0.2) is 13.1 Å². The zero-order valence-corrected chi connectivity index (χ0v) is 17.7. The van der Waals surface area contributed by atoms with E-state index in [4.69, 9.17) is 4.74 Å². The maximum absolute atomic E-state index is 12.1. The third kappa shape index (κ3) is 5.34. The molecule has 146 valence electrons. The van der Waals surface area contributed by atoms with Gasteiger partial charge >= 0.3 is 11.2 Å². The number of allylic oxidation sites excluding steroid dienone is 1. The van der Waals surface area contributed by atoms with Crippen molar-refractivity contribution in [1.82, 2.24) is 5.43 Å². The van der Waals surface area contributed by atoms with E-state index in [-0.39, 0.29) is 23.0 Å². The Bertz CT molecular complexity index is 914. The Hall–Kier alpha value is -2.84. The Balaban J connectivity index is 0.00000280. The Morgan fingerprint density at radius 1 is 1.18 bits per heavy atom. The van der Waals surface area contributed by atoms with E-state index in [0.717, 1.165) is 27.8 Å². The summed E-state index contributed by atoms with van der Waals surface area (Å²) in [5.74, 6) is 0.807. The van der Waals surface area contributed by atoms with Gasteiger partial charge in [0.25, 0.3) is 0 Å². The number of amides is 2. The summed E-state index contributed by atoms with van der Waals surface area (Å²) in [4.78, 5) is 12.1. The number of urea groups is 1. The first-order chi connectivity index (χ1) is 13.2. The maximum atomic E-state index is 12.1. The van der Waals surface area contributed by atoms with Crippen LogP contribution in [0.2, 0.25) is 0 Å². The van der Waals surface area contributed by atoms with Crippen molar-refractivity contribution in [3.8, 4) is 17.0 Å². The summed E-state index contributed by atoms with van der Waals surface area (Å²) >= 11 is 1.50. The molecule has 0 unspecified atom stereocenters. The predicted octanol–water partition coefficient (Wildman–Crippen LogP) is 1.05. The number of hydrogen-bond acceptors (Lipinski definition) is 4. The van der Waals surface area contributed by atoms with Crippen LogP contribution < -0.4 is 42.5 Å². The highest BCUT2D eigenvalue weighted by Crippen LogP contribution is 2.25. The van der Waals surface area contributed by atoms with Crippen LogP contribution in [-0.2, 0) is 6.54 Å². The molecule has 0 saturated carbocycles. The average Bonchev–Trinajstić information content (AvgIpc) is 3.10. The van der Waals surface area contributed by atoms with Gasteiger partial charge in [0.15, 0.2) is 0 Å². The zero-order valence-electron chi connectivity index (χ0n) is 15.3. The lowest BCUT2D eigenvalue weighted by Gasteiger charge is -2.07. The number of aromatic nitrogens is 1. The van der Waals surface area contributed by atoms with Gasteiger partial charge in [-0.1, -0.05) is 42.2 Å². The lowest BCUT2D eigenvalue weighted by atomic mass is 10.1. The highest BCUT2D eigenvalue weighted by atomic mass is 79.9. The minimum Gasteiger partial charge on any atom is -1.00 e. The molecule has 0 aliphatic heterocycles. The monoisotopic (exact) mass is 460 g/mol. The van der Waals surface area contributed by atoms with Crippen molar-refractivity contribution in [3.63, 3.8) is 0 Å². The molecule has 1 heterocycles. The standard InChI is InChI=1S/C20H20N4O2S.BrH/c1-3-13-24-18(15-9-11-17(26-2)12-10-15)14-27-20(24)23-22-19(25)21-16-7-5-4-6-8-16;/h3-12,14H,1,13H2,2H3,(H2,21,22,25);1H.